The van der Waals surface area contributed by atoms with Crippen molar-refractivity contribution < 1.29 is 36.6 Å². The second kappa shape index (κ2) is 11.0. The number of hydrogen-bond donors (Lipinski definition) is 3. The molecule has 1 unspecified atom stereocenters. The number of hydrogen-bond acceptors (Lipinski definition) is 10. The Kier molecular flexibility index (Phi) is 7.74. The van der Waals surface area contributed by atoms with Gasteiger partial charge in [-0.3, -0.25) is 4.79 Å². The van der Waals surface area contributed by atoms with E-state index in [1.807, 2.05) is 6.07 Å². The second-order valence-electron chi connectivity index (χ2n) is 9.96. The summed E-state index contributed by atoms with van der Waals surface area (Å²) in [6.45, 7) is -0.455. The molecule has 2 atom stereocenters. The average molecular weight is 611 g/mol. The summed E-state index contributed by atoms with van der Waals surface area (Å²) in [6, 6.07) is 2.96. The summed E-state index contributed by atoms with van der Waals surface area (Å²) >= 11 is 0.734. The molecule has 16 heteroatoms. The molecule has 2 aromatic heterocycles. The minimum atomic E-state index is -4.21. The van der Waals surface area contributed by atoms with Gasteiger partial charge in [0.25, 0.3) is 15.9 Å². The normalized spacial score (nSPS) is 19.7. The molecule has 2 aliphatic rings. The molecule has 1 aromatic carbocycles. The third-order valence-corrected chi connectivity index (χ3v) is 10.3. The number of pyridine rings is 1. The van der Waals surface area contributed by atoms with Gasteiger partial charge in [0, 0.05) is 31.1 Å². The number of sulfonamides is 1. The number of alkyl halides is 2. The van der Waals surface area contributed by atoms with Gasteiger partial charge in [0.1, 0.15) is 23.7 Å². The number of carbonyl (C=O) groups excluding carboxylic acids is 1. The van der Waals surface area contributed by atoms with Gasteiger partial charge in [0.05, 0.1) is 19.9 Å². The van der Waals surface area contributed by atoms with Crippen LogP contribution in [0.5, 0.6) is 5.75 Å². The first kappa shape index (κ1) is 28.9. The molecule has 4 N–H and O–H groups in total. The number of fused-ring (bicyclic) bond motifs is 1. The minimum absolute atomic E-state index is 0.0385. The van der Waals surface area contributed by atoms with Crippen molar-refractivity contribution in [1.82, 2.24) is 19.6 Å². The lowest BCUT2D eigenvalue weighted by Crippen LogP contribution is -2.47. The molecular formula is C25H28F2N6O6S2. The van der Waals surface area contributed by atoms with Crippen molar-refractivity contribution in [2.24, 2.45) is 0 Å². The summed E-state index contributed by atoms with van der Waals surface area (Å²) in [7, 11) is -2.72. The molecule has 220 valence electrons. The van der Waals surface area contributed by atoms with E-state index >= 15 is 0 Å². The van der Waals surface area contributed by atoms with Gasteiger partial charge in [-0.15, -0.1) is 0 Å². The molecule has 0 saturated carbocycles. The number of aryl methyl sites for hydroxylation is 1. The molecule has 2 saturated heterocycles. The zero-order valence-electron chi connectivity index (χ0n) is 21.9. The van der Waals surface area contributed by atoms with E-state index in [0.29, 0.717) is 17.0 Å². The molecule has 41 heavy (non-hydrogen) atoms. The predicted molar refractivity (Wildman–Crippen MR) is 147 cm³/mol. The first-order valence-electron chi connectivity index (χ1n) is 12.7. The molecule has 2 aliphatic heterocycles. The number of carbonyl (C=O) groups is 2. The molecule has 0 spiro atoms. The molecule has 5 rings (SSSR count). The van der Waals surface area contributed by atoms with Crippen LogP contribution in [0, 0.1) is 0 Å². The lowest BCUT2D eigenvalue weighted by atomic mass is 10.00. The second-order valence-corrected chi connectivity index (χ2v) is 12.9. The lowest BCUT2D eigenvalue weighted by molar-refractivity contribution is -0.148. The van der Waals surface area contributed by atoms with E-state index in [4.69, 9.17) is 10.5 Å². The summed E-state index contributed by atoms with van der Waals surface area (Å²) in [4.78, 5) is 35.9. The van der Waals surface area contributed by atoms with Crippen LogP contribution in [0.15, 0.2) is 34.8 Å². The fourth-order valence-corrected chi connectivity index (χ4v) is 7.53. The highest BCUT2D eigenvalue weighted by Gasteiger charge is 2.42. The smallest absolute Gasteiger partial charge is 0.326 e. The van der Waals surface area contributed by atoms with E-state index in [9.17, 15) is 31.9 Å². The highest BCUT2D eigenvalue weighted by Crippen LogP contribution is 2.35. The van der Waals surface area contributed by atoms with Crippen molar-refractivity contribution in [1.29, 1.82) is 0 Å². The molecular weight excluding hydrogens is 582 g/mol. The highest BCUT2D eigenvalue weighted by molar-refractivity contribution is 7.91. The van der Waals surface area contributed by atoms with Crippen molar-refractivity contribution >= 4 is 55.0 Å². The maximum absolute atomic E-state index is 13.6. The first-order valence-corrected chi connectivity index (χ1v) is 15.0. The maximum atomic E-state index is 13.6. The van der Waals surface area contributed by atoms with Gasteiger partial charge in [0.15, 0.2) is 9.34 Å². The van der Waals surface area contributed by atoms with Gasteiger partial charge in [-0.1, -0.05) is 11.3 Å². The van der Waals surface area contributed by atoms with E-state index in [2.05, 4.69) is 14.7 Å². The Morgan fingerprint density at radius 1 is 1.34 bits per heavy atom. The van der Waals surface area contributed by atoms with Crippen LogP contribution in [0.2, 0.25) is 0 Å². The van der Waals surface area contributed by atoms with Crippen LogP contribution in [-0.4, -0.2) is 85.0 Å². The highest BCUT2D eigenvalue weighted by atomic mass is 32.2. The number of aliphatic carboxylic acids is 1. The van der Waals surface area contributed by atoms with Crippen LogP contribution in [0.25, 0.3) is 10.8 Å². The van der Waals surface area contributed by atoms with E-state index in [1.54, 1.807) is 18.3 Å². The average Bonchev–Trinajstić information content (AvgIpc) is 3.64. The Hall–Kier alpha value is -3.63. The number of aromatic nitrogens is 2. The number of nitrogens with two attached hydrogens (primary N) is 1. The molecule has 1 amide bonds. The number of nitrogen functional groups attached to an aromatic ring is 1. The molecule has 3 aromatic rings. The van der Waals surface area contributed by atoms with Crippen molar-refractivity contribution in [3.05, 3.63) is 36.2 Å². The SMILES string of the molecule is COc1cc2c(N)nccc2cc1CCC(C(=O)O)N1CC[C@H](NS(=O)(=O)c2cnc(N3CCC(F)(F)C3)s2)C1=O. The van der Waals surface area contributed by atoms with Crippen molar-refractivity contribution in [3.8, 4) is 5.75 Å². The number of anilines is 2. The van der Waals surface area contributed by atoms with Crippen LogP contribution in [0.3, 0.4) is 0 Å². The molecule has 2 fully saturated rings. The Morgan fingerprint density at radius 3 is 2.80 bits per heavy atom. The number of nitrogens with one attached hydrogen (secondary N) is 1. The van der Waals surface area contributed by atoms with Crippen LogP contribution in [0.4, 0.5) is 19.7 Å². The molecule has 12 nitrogen and oxygen atoms in total. The fourth-order valence-electron chi connectivity index (χ4n) is 5.15. The maximum Gasteiger partial charge on any atom is 0.326 e. The Balaban J connectivity index is 1.27. The van der Waals surface area contributed by atoms with Crippen LogP contribution in [0.1, 0.15) is 24.8 Å². The summed E-state index contributed by atoms with van der Waals surface area (Å²) in [5.41, 5.74) is 6.67. The third-order valence-electron chi connectivity index (χ3n) is 7.26. The van der Waals surface area contributed by atoms with Gasteiger partial charge in [-0.25, -0.2) is 32.0 Å². The number of halogens is 2. The first-order chi connectivity index (χ1) is 19.4. The van der Waals surface area contributed by atoms with E-state index in [1.165, 1.54) is 12.0 Å². The number of likely N-dealkylation sites (tertiary alicyclic amines) is 1. The van der Waals surface area contributed by atoms with E-state index < -0.39 is 46.5 Å². The van der Waals surface area contributed by atoms with Gasteiger partial charge < -0.3 is 25.4 Å². The number of carboxylic acid groups (broad SMARTS) is 1. The summed E-state index contributed by atoms with van der Waals surface area (Å²) in [5.74, 6) is -3.91. The standard InChI is InChI=1S/C25H28F2N6O6S2/c1-39-19-11-16-14(4-7-29-21(16)28)10-15(19)2-3-18(23(35)36)33-8-5-17(22(33)34)31-41(37,38)20-12-30-24(40-20)32-9-6-25(26,27)13-32/h4,7,10-12,17-18,31H,2-3,5-6,8-9,13H2,1H3,(H2,28,29)(H,35,36)/t17-,18?/m0/s1. The van der Waals surface area contributed by atoms with Crippen LogP contribution in [-0.2, 0) is 26.0 Å². The number of nitrogens with zero attached hydrogens (tertiary/aromatic N) is 4. The van der Waals surface area contributed by atoms with E-state index in [-0.39, 0.29) is 48.1 Å². The number of amides is 1. The quantitative estimate of drug-likeness (QED) is 0.309. The minimum Gasteiger partial charge on any atom is -0.496 e. The third kappa shape index (κ3) is 5.90. The van der Waals surface area contributed by atoms with Gasteiger partial charge in [-0.2, -0.15) is 4.72 Å². The van der Waals surface area contributed by atoms with E-state index in [0.717, 1.165) is 33.4 Å². The van der Waals surface area contributed by atoms with Crippen LogP contribution < -0.4 is 20.1 Å². The zero-order valence-corrected chi connectivity index (χ0v) is 23.6. The summed E-state index contributed by atoms with van der Waals surface area (Å²) < 4.78 is 60.7. The van der Waals surface area contributed by atoms with Crippen LogP contribution >= 0.6 is 11.3 Å². The Bertz CT molecular complexity index is 1600. The monoisotopic (exact) mass is 610 g/mol. The largest absolute Gasteiger partial charge is 0.496 e. The number of carboxylic acids is 1. The topological polar surface area (TPSA) is 168 Å². The van der Waals surface area contributed by atoms with Crippen molar-refractivity contribution in [2.75, 3.05) is 37.4 Å². The number of rotatable bonds is 10. The zero-order chi connectivity index (χ0) is 29.5. The van der Waals surface area contributed by atoms with Gasteiger partial charge in [-0.05, 0) is 48.4 Å². The number of benzene rings is 1. The number of ether oxygens (including phenoxy) is 1. The van der Waals surface area contributed by atoms with Gasteiger partial charge >= 0.3 is 5.97 Å². The molecule has 0 aliphatic carbocycles. The lowest BCUT2D eigenvalue weighted by Gasteiger charge is -2.25. The fraction of sp³-hybridized carbons (Fsp3) is 0.440. The molecule has 0 bridgehead atoms. The Labute approximate surface area is 238 Å². The number of thiazole rings is 1. The Morgan fingerprint density at radius 2 is 2.12 bits per heavy atom. The molecule has 4 heterocycles. The summed E-state index contributed by atoms with van der Waals surface area (Å²) in [6.07, 6.45) is 2.67. The predicted octanol–water partition coefficient (Wildman–Crippen LogP) is 2.09. The van der Waals surface area contributed by atoms with Gasteiger partial charge in [0.2, 0.25) is 5.91 Å². The summed E-state index contributed by atoms with van der Waals surface area (Å²) in [5, 5.41) is 11.6. The van der Waals surface area contributed by atoms with Crippen molar-refractivity contribution in [3.63, 3.8) is 0 Å². The molecule has 0 radical (unpaired) electrons. The van der Waals surface area contributed by atoms with Crippen molar-refractivity contribution in [2.45, 2.75) is 47.9 Å². The number of methoxy groups -OCH3 is 1.